The van der Waals surface area contributed by atoms with Crippen molar-refractivity contribution in [3.63, 3.8) is 0 Å². The van der Waals surface area contributed by atoms with Crippen molar-refractivity contribution in [2.45, 2.75) is 43.8 Å². The van der Waals surface area contributed by atoms with Gasteiger partial charge in [0.2, 0.25) is 0 Å². The van der Waals surface area contributed by atoms with Crippen molar-refractivity contribution in [2.24, 2.45) is 0 Å². The lowest BCUT2D eigenvalue weighted by atomic mass is 9.79. The molecule has 2 aromatic rings. The largest absolute Gasteiger partial charge is 0.494 e. The maximum atomic E-state index is 5.93. The Morgan fingerprint density at radius 1 is 0.826 bits per heavy atom. The molecule has 0 bridgehead atoms. The summed E-state index contributed by atoms with van der Waals surface area (Å²) in [4.78, 5) is 1.02. The number of rotatable bonds is 1. The van der Waals surface area contributed by atoms with Gasteiger partial charge in [-0.05, 0) is 57.4 Å². The van der Waals surface area contributed by atoms with Gasteiger partial charge in [0.15, 0.2) is 0 Å². The lowest BCUT2D eigenvalue weighted by Gasteiger charge is -2.32. The van der Waals surface area contributed by atoms with Crippen LogP contribution in [0.4, 0.5) is 5.69 Å². The summed E-state index contributed by atoms with van der Waals surface area (Å²) in [7, 11) is -0.300. The van der Waals surface area contributed by atoms with Crippen LogP contribution in [0.15, 0.2) is 59.5 Å². The SMILES string of the molecule is CC1(C)OB(c2ccc(N)cc2)OC1(C)C.Sc1ccccc1. The molecule has 1 aliphatic heterocycles. The molecular weight excluding hydrogens is 305 g/mol. The second kappa shape index (κ2) is 6.99. The van der Waals surface area contributed by atoms with E-state index < -0.39 is 0 Å². The smallest absolute Gasteiger partial charge is 0.399 e. The van der Waals surface area contributed by atoms with Gasteiger partial charge in [-0.3, -0.25) is 0 Å². The van der Waals surface area contributed by atoms with E-state index >= 15 is 0 Å². The van der Waals surface area contributed by atoms with Gasteiger partial charge in [-0.2, -0.15) is 0 Å². The summed E-state index contributed by atoms with van der Waals surface area (Å²) in [5.74, 6) is 0. The number of hydrogen-bond acceptors (Lipinski definition) is 4. The maximum absolute atomic E-state index is 5.93. The van der Waals surface area contributed by atoms with Crippen molar-refractivity contribution in [1.82, 2.24) is 0 Å². The molecule has 0 spiro atoms. The Bertz CT molecular complexity index is 613. The van der Waals surface area contributed by atoms with Gasteiger partial charge in [-0.15, -0.1) is 12.6 Å². The van der Waals surface area contributed by atoms with E-state index in [1.807, 2.05) is 82.3 Å². The molecule has 0 atom stereocenters. The quantitative estimate of drug-likeness (QED) is 0.478. The summed E-state index contributed by atoms with van der Waals surface area (Å²) >= 11 is 4.08. The second-order valence-electron chi connectivity index (χ2n) is 6.59. The molecule has 3 rings (SSSR count). The van der Waals surface area contributed by atoms with Crippen molar-refractivity contribution in [3.05, 3.63) is 54.6 Å². The molecule has 0 unspecified atom stereocenters. The summed E-state index contributed by atoms with van der Waals surface area (Å²) in [5, 5.41) is 0. The summed E-state index contributed by atoms with van der Waals surface area (Å²) in [5.41, 5.74) is 6.82. The zero-order valence-corrected chi connectivity index (χ0v) is 15.0. The first-order valence-corrected chi connectivity index (χ1v) is 8.11. The van der Waals surface area contributed by atoms with Gasteiger partial charge in [-0.25, -0.2) is 0 Å². The Kier molecular flexibility index (Phi) is 5.45. The third-order valence-corrected chi connectivity index (χ3v) is 4.52. The zero-order chi connectivity index (χ0) is 17.1. The number of anilines is 1. The summed E-state index contributed by atoms with van der Waals surface area (Å²) in [6, 6.07) is 17.4. The van der Waals surface area contributed by atoms with Crippen LogP contribution in [-0.2, 0) is 9.31 Å². The fraction of sp³-hybridized carbons (Fsp3) is 0.333. The van der Waals surface area contributed by atoms with Gasteiger partial charge in [0.25, 0.3) is 0 Å². The van der Waals surface area contributed by atoms with Gasteiger partial charge in [0.1, 0.15) is 0 Å². The average Bonchev–Trinajstić information content (AvgIpc) is 2.70. The van der Waals surface area contributed by atoms with Gasteiger partial charge in [0.05, 0.1) is 11.2 Å². The third-order valence-electron chi connectivity index (χ3n) is 4.22. The predicted octanol–water partition coefficient (Wildman–Crippen LogP) is 3.54. The molecule has 1 fully saturated rings. The highest BCUT2D eigenvalue weighted by atomic mass is 32.1. The summed E-state index contributed by atoms with van der Waals surface area (Å²) in [6.07, 6.45) is 0. The predicted molar refractivity (Wildman–Crippen MR) is 100 cm³/mol. The first-order chi connectivity index (χ1) is 10.7. The van der Waals surface area contributed by atoms with Crippen molar-refractivity contribution in [2.75, 3.05) is 5.73 Å². The third kappa shape index (κ3) is 4.53. The van der Waals surface area contributed by atoms with Crippen LogP contribution in [0.2, 0.25) is 0 Å². The Morgan fingerprint density at radius 3 is 1.70 bits per heavy atom. The van der Waals surface area contributed by atoms with E-state index in [1.54, 1.807) is 0 Å². The standard InChI is InChI=1S/C12H18BNO2.C6H6S/c1-11(2)12(3,4)16-13(15-11)9-5-7-10(14)8-6-9;7-6-4-2-1-3-5-6/h5-8H,14H2,1-4H3;1-5,7H. The Labute approximate surface area is 144 Å². The molecule has 2 aromatic carbocycles. The van der Waals surface area contributed by atoms with Crippen molar-refractivity contribution in [3.8, 4) is 0 Å². The molecule has 0 saturated carbocycles. The number of nitrogen functional groups attached to an aromatic ring is 1. The zero-order valence-electron chi connectivity index (χ0n) is 14.1. The molecule has 2 N–H and O–H groups in total. The molecule has 5 heteroatoms. The van der Waals surface area contributed by atoms with Crippen LogP contribution in [0.5, 0.6) is 0 Å². The van der Waals surface area contributed by atoms with Crippen LogP contribution in [0.1, 0.15) is 27.7 Å². The van der Waals surface area contributed by atoms with Crippen molar-refractivity contribution >= 4 is 30.9 Å². The lowest BCUT2D eigenvalue weighted by molar-refractivity contribution is 0.00578. The van der Waals surface area contributed by atoms with Crippen LogP contribution < -0.4 is 11.2 Å². The topological polar surface area (TPSA) is 44.5 Å². The monoisotopic (exact) mass is 329 g/mol. The number of hydrogen-bond donors (Lipinski definition) is 2. The van der Waals surface area contributed by atoms with E-state index in [-0.39, 0.29) is 18.3 Å². The normalized spacial score (nSPS) is 18.2. The average molecular weight is 329 g/mol. The fourth-order valence-corrected chi connectivity index (χ4v) is 2.23. The maximum Gasteiger partial charge on any atom is 0.494 e. The van der Waals surface area contributed by atoms with E-state index in [1.165, 1.54) is 0 Å². The van der Waals surface area contributed by atoms with Crippen LogP contribution >= 0.6 is 12.6 Å². The molecule has 3 nitrogen and oxygen atoms in total. The van der Waals surface area contributed by atoms with E-state index in [9.17, 15) is 0 Å². The fourth-order valence-electron chi connectivity index (χ4n) is 2.06. The molecule has 122 valence electrons. The van der Waals surface area contributed by atoms with Crippen LogP contribution in [0, 0.1) is 0 Å². The molecule has 0 aliphatic carbocycles. The first-order valence-electron chi connectivity index (χ1n) is 7.66. The Hall–Kier alpha value is -1.43. The van der Waals surface area contributed by atoms with Crippen molar-refractivity contribution < 1.29 is 9.31 Å². The van der Waals surface area contributed by atoms with Gasteiger partial charge in [-0.1, -0.05) is 30.3 Å². The lowest BCUT2D eigenvalue weighted by Crippen LogP contribution is -2.41. The van der Waals surface area contributed by atoms with Crippen LogP contribution in [-0.4, -0.2) is 18.3 Å². The molecule has 1 saturated heterocycles. The van der Waals surface area contributed by atoms with E-state index in [0.717, 1.165) is 16.0 Å². The second-order valence-corrected chi connectivity index (χ2v) is 7.11. The molecule has 0 aromatic heterocycles. The van der Waals surface area contributed by atoms with E-state index in [0.29, 0.717) is 0 Å². The number of benzene rings is 2. The summed E-state index contributed by atoms with van der Waals surface area (Å²) in [6.45, 7) is 8.18. The van der Waals surface area contributed by atoms with Gasteiger partial charge < -0.3 is 15.0 Å². The van der Waals surface area contributed by atoms with Crippen LogP contribution in [0.25, 0.3) is 0 Å². The highest BCUT2D eigenvalue weighted by Crippen LogP contribution is 2.36. The molecule has 1 aliphatic rings. The number of nitrogens with two attached hydrogens (primary N) is 1. The highest BCUT2D eigenvalue weighted by Gasteiger charge is 2.51. The highest BCUT2D eigenvalue weighted by molar-refractivity contribution is 7.80. The minimum absolute atomic E-state index is 0.293. The molecular formula is C18H24BNO2S. The minimum atomic E-state index is -0.300. The summed E-state index contributed by atoms with van der Waals surface area (Å²) < 4.78 is 11.9. The van der Waals surface area contributed by atoms with Gasteiger partial charge in [0, 0.05) is 10.6 Å². The minimum Gasteiger partial charge on any atom is -0.399 e. The first kappa shape index (κ1) is 17.9. The van der Waals surface area contributed by atoms with E-state index in [4.69, 9.17) is 15.0 Å². The molecule has 0 amide bonds. The van der Waals surface area contributed by atoms with Gasteiger partial charge >= 0.3 is 7.12 Å². The molecule has 23 heavy (non-hydrogen) atoms. The van der Waals surface area contributed by atoms with Crippen LogP contribution in [0.3, 0.4) is 0 Å². The van der Waals surface area contributed by atoms with Crippen molar-refractivity contribution in [1.29, 1.82) is 0 Å². The van der Waals surface area contributed by atoms with E-state index in [2.05, 4.69) is 12.6 Å². The molecule has 0 radical (unpaired) electrons. The molecule has 1 heterocycles. The Balaban J connectivity index is 0.000000229. The Morgan fingerprint density at radius 2 is 1.30 bits per heavy atom. The number of thiol groups is 1.